The molecule has 7 nitrogen and oxygen atoms in total. The third-order valence-electron chi connectivity index (χ3n) is 3.40. The Bertz CT molecular complexity index is 553. The van der Waals surface area contributed by atoms with Crippen LogP contribution in [0.4, 0.5) is 5.69 Å². The van der Waals surface area contributed by atoms with Crippen molar-refractivity contribution in [3.63, 3.8) is 0 Å². The normalized spacial score (nSPS) is 14.0. The molecule has 0 spiro atoms. The number of hydrogen-bond donors (Lipinski definition) is 1. The topological polar surface area (TPSA) is 84.7 Å². The molecule has 1 amide bonds. The Morgan fingerprint density at radius 3 is 2.74 bits per heavy atom. The van der Waals surface area contributed by atoms with Crippen molar-refractivity contribution in [3.8, 4) is 5.75 Å². The van der Waals surface area contributed by atoms with Gasteiger partial charge in [-0.15, -0.1) is 24.2 Å². The second-order valence-corrected chi connectivity index (χ2v) is 5.87. The minimum Gasteiger partial charge on any atom is -0.490 e. The van der Waals surface area contributed by atoms with Gasteiger partial charge in [-0.2, -0.15) is 0 Å². The predicted molar refractivity (Wildman–Crippen MR) is 92.5 cm³/mol. The van der Waals surface area contributed by atoms with Gasteiger partial charge in [-0.3, -0.25) is 14.9 Å². The number of nitro groups is 1. The van der Waals surface area contributed by atoms with Gasteiger partial charge in [0.2, 0.25) is 5.91 Å². The van der Waals surface area contributed by atoms with Crippen molar-refractivity contribution in [2.75, 3.05) is 39.0 Å². The van der Waals surface area contributed by atoms with E-state index in [-0.39, 0.29) is 29.8 Å². The van der Waals surface area contributed by atoms with E-state index in [0.717, 1.165) is 31.7 Å². The zero-order valence-corrected chi connectivity index (χ0v) is 14.5. The van der Waals surface area contributed by atoms with Crippen LogP contribution in [0.3, 0.4) is 0 Å². The standard InChI is InChI=1S/C14H19N3O4S.ClH/c1-21-13-3-2-11(8-12(13)17(19)20)9-22-10-14(18)16-6-4-15-5-7-16;/h2-3,8,15H,4-7,9-10H2,1H3;1H. The summed E-state index contributed by atoms with van der Waals surface area (Å²) in [5.74, 6) is 1.31. The van der Waals surface area contributed by atoms with Crippen LogP contribution in [0, 0.1) is 10.1 Å². The Kier molecular flexibility index (Phi) is 8.15. The summed E-state index contributed by atoms with van der Waals surface area (Å²) in [5, 5.41) is 14.2. The highest BCUT2D eigenvalue weighted by molar-refractivity contribution is 7.99. The lowest BCUT2D eigenvalue weighted by molar-refractivity contribution is -0.385. The van der Waals surface area contributed by atoms with E-state index >= 15 is 0 Å². The number of rotatable bonds is 6. The van der Waals surface area contributed by atoms with Crippen LogP contribution in [0.5, 0.6) is 5.75 Å². The minimum atomic E-state index is -0.459. The van der Waals surface area contributed by atoms with Gasteiger partial charge < -0.3 is 15.0 Å². The zero-order valence-electron chi connectivity index (χ0n) is 12.8. The Labute approximate surface area is 145 Å². The molecule has 0 unspecified atom stereocenters. The van der Waals surface area contributed by atoms with Crippen LogP contribution in [-0.2, 0) is 10.5 Å². The van der Waals surface area contributed by atoms with Crippen molar-refractivity contribution in [1.29, 1.82) is 0 Å². The largest absolute Gasteiger partial charge is 0.490 e. The fourth-order valence-corrected chi connectivity index (χ4v) is 3.10. The number of hydrogen-bond acceptors (Lipinski definition) is 6. The van der Waals surface area contributed by atoms with Gasteiger partial charge in [0.05, 0.1) is 17.8 Å². The van der Waals surface area contributed by atoms with Crippen molar-refractivity contribution >= 4 is 35.8 Å². The fourth-order valence-electron chi connectivity index (χ4n) is 2.23. The quantitative estimate of drug-likeness (QED) is 0.613. The molecule has 9 heteroatoms. The Morgan fingerprint density at radius 1 is 1.43 bits per heavy atom. The monoisotopic (exact) mass is 361 g/mol. The van der Waals surface area contributed by atoms with E-state index in [0.29, 0.717) is 11.5 Å². The highest BCUT2D eigenvalue weighted by Crippen LogP contribution is 2.29. The van der Waals surface area contributed by atoms with Gasteiger partial charge in [-0.05, 0) is 11.6 Å². The number of halogens is 1. The highest BCUT2D eigenvalue weighted by atomic mass is 35.5. The number of nitrogens with zero attached hydrogens (tertiary/aromatic N) is 2. The number of amides is 1. The van der Waals surface area contributed by atoms with E-state index in [4.69, 9.17) is 4.74 Å². The molecule has 0 aliphatic carbocycles. The third kappa shape index (κ3) is 5.56. The number of carbonyl (C=O) groups excluding carboxylic acids is 1. The summed E-state index contributed by atoms with van der Waals surface area (Å²) in [5.41, 5.74) is 0.764. The van der Waals surface area contributed by atoms with Gasteiger partial charge >= 0.3 is 5.69 Å². The number of ether oxygens (including phenoxy) is 1. The highest BCUT2D eigenvalue weighted by Gasteiger charge is 2.17. The van der Waals surface area contributed by atoms with Crippen molar-refractivity contribution in [2.45, 2.75) is 5.75 Å². The smallest absolute Gasteiger partial charge is 0.311 e. The molecule has 0 saturated carbocycles. The summed E-state index contributed by atoms with van der Waals surface area (Å²) in [4.78, 5) is 24.4. The van der Waals surface area contributed by atoms with Gasteiger partial charge in [-0.25, -0.2) is 0 Å². The van der Waals surface area contributed by atoms with E-state index in [1.54, 1.807) is 12.1 Å². The lowest BCUT2D eigenvalue weighted by Gasteiger charge is -2.27. The number of nitro benzene ring substituents is 1. The molecule has 1 heterocycles. The van der Waals surface area contributed by atoms with Crippen molar-refractivity contribution < 1.29 is 14.5 Å². The molecule has 0 aromatic heterocycles. The molecule has 1 aromatic carbocycles. The molecule has 1 aliphatic heterocycles. The van der Waals surface area contributed by atoms with E-state index in [9.17, 15) is 14.9 Å². The van der Waals surface area contributed by atoms with Crippen LogP contribution in [0.2, 0.25) is 0 Å². The van der Waals surface area contributed by atoms with Crippen LogP contribution in [0.25, 0.3) is 0 Å². The molecule has 1 saturated heterocycles. The lowest BCUT2D eigenvalue weighted by atomic mass is 10.2. The van der Waals surface area contributed by atoms with E-state index < -0.39 is 4.92 Å². The molecule has 0 atom stereocenters. The minimum absolute atomic E-state index is 0. The second kappa shape index (κ2) is 9.59. The summed E-state index contributed by atoms with van der Waals surface area (Å²) in [6.07, 6.45) is 0. The van der Waals surface area contributed by atoms with Gasteiger partial charge in [0.25, 0.3) is 0 Å². The average Bonchev–Trinajstić information content (AvgIpc) is 2.55. The summed E-state index contributed by atoms with van der Waals surface area (Å²) in [7, 11) is 1.41. The van der Waals surface area contributed by atoms with Crippen LogP contribution in [0.15, 0.2) is 18.2 Å². The number of thioether (sulfide) groups is 1. The summed E-state index contributed by atoms with van der Waals surface area (Å²) >= 11 is 1.47. The third-order valence-corrected chi connectivity index (χ3v) is 4.39. The first-order valence-electron chi connectivity index (χ1n) is 6.99. The maximum Gasteiger partial charge on any atom is 0.311 e. The second-order valence-electron chi connectivity index (χ2n) is 4.89. The molecule has 23 heavy (non-hydrogen) atoms. The Hall–Kier alpha value is -1.51. The van der Waals surface area contributed by atoms with Crippen LogP contribution in [0.1, 0.15) is 5.56 Å². The van der Waals surface area contributed by atoms with Gasteiger partial charge in [0.1, 0.15) is 0 Å². The molecule has 1 N–H and O–H groups in total. The van der Waals surface area contributed by atoms with Crippen LogP contribution in [-0.4, -0.2) is 54.8 Å². The molecular formula is C14H20ClN3O4S. The molecule has 1 aliphatic rings. The van der Waals surface area contributed by atoms with Crippen molar-refractivity contribution in [1.82, 2.24) is 10.2 Å². The number of nitrogens with one attached hydrogen (secondary N) is 1. The van der Waals surface area contributed by atoms with Crippen molar-refractivity contribution in [2.24, 2.45) is 0 Å². The maximum atomic E-state index is 12.0. The SMILES string of the molecule is COc1ccc(CSCC(=O)N2CCNCC2)cc1[N+](=O)[O-].Cl. The van der Waals surface area contributed by atoms with Crippen molar-refractivity contribution in [3.05, 3.63) is 33.9 Å². The molecule has 0 bridgehead atoms. The summed E-state index contributed by atoms with van der Waals surface area (Å²) in [6.45, 7) is 3.16. The molecule has 128 valence electrons. The predicted octanol–water partition coefficient (Wildman–Crippen LogP) is 1.69. The first-order chi connectivity index (χ1) is 10.6. The first kappa shape index (κ1) is 19.5. The maximum absolute atomic E-state index is 12.0. The van der Waals surface area contributed by atoms with Gasteiger partial charge in [0, 0.05) is 38.0 Å². The zero-order chi connectivity index (χ0) is 15.9. The molecule has 2 rings (SSSR count). The molecular weight excluding hydrogens is 342 g/mol. The van der Waals surface area contributed by atoms with Crippen LogP contribution < -0.4 is 10.1 Å². The number of benzene rings is 1. The number of piperazine rings is 1. The molecule has 1 aromatic rings. The molecule has 0 radical (unpaired) electrons. The van der Waals surface area contributed by atoms with Gasteiger partial charge in [-0.1, -0.05) is 6.07 Å². The average molecular weight is 362 g/mol. The summed E-state index contributed by atoms with van der Waals surface area (Å²) < 4.78 is 4.97. The van der Waals surface area contributed by atoms with E-state index in [1.807, 2.05) is 4.90 Å². The van der Waals surface area contributed by atoms with E-state index in [2.05, 4.69) is 5.32 Å². The first-order valence-corrected chi connectivity index (χ1v) is 8.15. The van der Waals surface area contributed by atoms with E-state index in [1.165, 1.54) is 24.9 Å². The van der Waals surface area contributed by atoms with Gasteiger partial charge in [0.15, 0.2) is 5.75 Å². The Balaban J connectivity index is 0.00000264. The fraction of sp³-hybridized carbons (Fsp3) is 0.500. The molecule has 1 fully saturated rings. The van der Waals surface area contributed by atoms with Crippen LogP contribution >= 0.6 is 24.2 Å². The Morgan fingerprint density at radius 2 is 2.13 bits per heavy atom. The number of methoxy groups -OCH3 is 1. The lowest BCUT2D eigenvalue weighted by Crippen LogP contribution is -2.47. The number of carbonyl (C=O) groups is 1. The summed E-state index contributed by atoms with van der Waals surface area (Å²) in [6, 6.07) is 4.88.